The molecule has 6 rings (SSSR count). The summed E-state index contributed by atoms with van der Waals surface area (Å²) in [6, 6.07) is 9.98. The fraction of sp³-hybridized carbons (Fsp3) is 0.500. The van der Waals surface area contributed by atoms with Gasteiger partial charge in [-0.25, -0.2) is 0 Å². The van der Waals surface area contributed by atoms with Crippen LogP contribution in [0.1, 0.15) is 65.7 Å². The Labute approximate surface area is 161 Å². The maximum Gasteiger partial charge on any atom is 0.255 e. The molecule has 27 heavy (non-hydrogen) atoms. The lowest BCUT2D eigenvalue weighted by molar-refractivity contribution is -0.00721. The number of hydrogen-bond acceptors (Lipinski definition) is 2. The van der Waals surface area contributed by atoms with E-state index in [0.29, 0.717) is 0 Å². The minimum Gasteiger partial charge on any atom is -0.322 e. The second-order valence-corrected chi connectivity index (χ2v) is 9.38. The molecule has 2 aromatic rings. The molecule has 0 atom stereocenters. The van der Waals surface area contributed by atoms with Gasteiger partial charge in [-0.15, -0.1) is 0 Å². The molecule has 0 unspecified atom stereocenters. The fourth-order valence-electron chi connectivity index (χ4n) is 6.31. The van der Waals surface area contributed by atoms with E-state index in [-0.39, 0.29) is 11.3 Å². The third-order valence-corrected chi connectivity index (χ3v) is 7.37. The summed E-state index contributed by atoms with van der Waals surface area (Å²) < 4.78 is 0. The predicted molar refractivity (Wildman–Crippen MR) is 108 cm³/mol. The Morgan fingerprint density at radius 3 is 2.26 bits per heavy atom. The van der Waals surface area contributed by atoms with Crippen molar-refractivity contribution < 1.29 is 4.79 Å². The Kier molecular flexibility index (Phi) is 3.89. The standard InChI is InChI=1S/C24H28N2O/c1-15-3-4-21(7-16(15)2)26-23(27)20-5-6-25-22(11-20)24-12-17-8-18(13-24)10-19(9-17)14-24/h3-7,11,17-19H,8-10,12-14H2,1-2H3,(H,26,27). The van der Waals surface area contributed by atoms with Gasteiger partial charge in [0, 0.05) is 28.6 Å². The maximum atomic E-state index is 12.9. The summed E-state index contributed by atoms with van der Waals surface area (Å²) in [5, 5.41) is 3.06. The van der Waals surface area contributed by atoms with Crippen molar-refractivity contribution in [3.8, 4) is 0 Å². The van der Waals surface area contributed by atoms with E-state index in [4.69, 9.17) is 4.98 Å². The first kappa shape index (κ1) is 17.0. The summed E-state index contributed by atoms with van der Waals surface area (Å²) >= 11 is 0. The molecule has 4 fully saturated rings. The summed E-state index contributed by atoms with van der Waals surface area (Å²) in [7, 11) is 0. The van der Waals surface area contributed by atoms with Crippen LogP contribution in [0.4, 0.5) is 5.69 Å². The molecule has 1 heterocycles. The van der Waals surface area contributed by atoms with E-state index < -0.39 is 0 Å². The largest absolute Gasteiger partial charge is 0.322 e. The van der Waals surface area contributed by atoms with Crippen LogP contribution in [0.2, 0.25) is 0 Å². The van der Waals surface area contributed by atoms with E-state index in [1.165, 1.54) is 49.7 Å². The van der Waals surface area contributed by atoms with Gasteiger partial charge in [0.15, 0.2) is 0 Å². The van der Waals surface area contributed by atoms with E-state index in [2.05, 4.69) is 31.3 Å². The third kappa shape index (κ3) is 2.97. The van der Waals surface area contributed by atoms with Crippen LogP contribution in [-0.4, -0.2) is 10.9 Å². The molecule has 0 saturated heterocycles. The van der Waals surface area contributed by atoms with Crippen molar-refractivity contribution in [3.63, 3.8) is 0 Å². The molecule has 3 nitrogen and oxygen atoms in total. The number of amides is 1. The minimum atomic E-state index is -0.0355. The van der Waals surface area contributed by atoms with Gasteiger partial charge >= 0.3 is 0 Å². The molecule has 0 spiro atoms. The van der Waals surface area contributed by atoms with Crippen LogP contribution in [0.15, 0.2) is 36.5 Å². The predicted octanol–water partition coefficient (Wildman–Crippen LogP) is 5.42. The van der Waals surface area contributed by atoms with Crippen molar-refractivity contribution in [3.05, 3.63) is 58.9 Å². The quantitative estimate of drug-likeness (QED) is 0.794. The van der Waals surface area contributed by atoms with Crippen molar-refractivity contribution in [2.75, 3.05) is 5.32 Å². The second-order valence-electron chi connectivity index (χ2n) is 9.38. The number of benzene rings is 1. The summed E-state index contributed by atoms with van der Waals surface area (Å²) in [4.78, 5) is 17.6. The van der Waals surface area contributed by atoms with E-state index >= 15 is 0 Å². The second kappa shape index (κ2) is 6.19. The highest BCUT2D eigenvalue weighted by molar-refractivity contribution is 6.04. The zero-order valence-corrected chi connectivity index (χ0v) is 16.3. The van der Waals surface area contributed by atoms with Gasteiger partial charge in [-0.2, -0.15) is 0 Å². The van der Waals surface area contributed by atoms with Gasteiger partial charge in [0.1, 0.15) is 0 Å². The zero-order chi connectivity index (χ0) is 18.6. The van der Waals surface area contributed by atoms with E-state index in [0.717, 1.165) is 34.7 Å². The smallest absolute Gasteiger partial charge is 0.255 e. The number of carbonyl (C=O) groups excluding carboxylic acids is 1. The van der Waals surface area contributed by atoms with Crippen LogP contribution in [0, 0.1) is 31.6 Å². The zero-order valence-electron chi connectivity index (χ0n) is 16.3. The minimum absolute atomic E-state index is 0.0355. The number of pyridine rings is 1. The maximum absolute atomic E-state index is 12.9. The summed E-state index contributed by atoms with van der Waals surface area (Å²) in [5.41, 5.74) is 5.41. The normalized spacial score (nSPS) is 31.1. The molecular weight excluding hydrogens is 332 g/mol. The summed E-state index contributed by atoms with van der Waals surface area (Å²) in [6.45, 7) is 4.16. The third-order valence-electron chi connectivity index (χ3n) is 7.37. The Balaban J connectivity index is 1.40. The van der Waals surface area contributed by atoms with Gasteiger partial charge in [0.2, 0.25) is 0 Å². The van der Waals surface area contributed by atoms with E-state index in [9.17, 15) is 4.79 Å². The van der Waals surface area contributed by atoms with Crippen molar-refractivity contribution >= 4 is 11.6 Å². The Morgan fingerprint density at radius 1 is 0.963 bits per heavy atom. The number of carbonyl (C=O) groups is 1. The first-order valence-electron chi connectivity index (χ1n) is 10.4. The molecule has 4 bridgehead atoms. The molecule has 4 saturated carbocycles. The molecule has 0 radical (unpaired) electrons. The lowest BCUT2D eigenvalue weighted by Crippen LogP contribution is -2.49. The number of nitrogens with one attached hydrogen (secondary N) is 1. The van der Waals surface area contributed by atoms with Crippen molar-refractivity contribution in [2.24, 2.45) is 17.8 Å². The van der Waals surface area contributed by atoms with Crippen LogP contribution >= 0.6 is 0 Å². The highest BCUT2D eigenvalue weighted by Crippen LogP contribution is 2.60. The van der Waals surface area contributed by atoms with Gasteiger partial charge in [-0.3, -0.25) is 9.78 Å². The average molecular weight is 361 g/mol. The molecule has 3 heteroatoms. The van der Waals surface area contributed by atoms with Crippen molar-refractivity contribution in [1.29, 1.82) is 0 Å². The topological polar surface area (TPSA) is 42.0 Å². The van der Waals surface area contributed by atoms with Crippen molar-refractivity contribution in [2.45, 2.75) is 57.8 Å². The van der Waals surface area contributed by atoms with Gasteiger partial charge in [-0.05, 0) is 106 Å². The molecule has 1 aromatic heterocycles. The first-order valence-corrected chi connectivity index (χ1v) is 10.4. The fourth-order valence-corrected chi connectivity index (χ4v) is 6.31. The molecule has 140 valence electrons. The Morgan fingerprint density at radius 2 is 1.63 bits per heavy atom. The molecule has 4 aliphatic carbocycles. The molecule has 1 amide bonds. The van der Waals surface area contributed by atoms with Crippen LogP contribution in [-0.2, 0) is 5.41 Å². The summed E-state index contributed by atoms with van der Waals surface area (Å²) in [5.74, 6) is 2.61. The van der Waals surface area contributed by atoms with Crippen molar-refractivity contribution in [1.82, 2.24) is 4.98 Å². The van der Waals surface area contributed by atoms with Gasteiger partial charge in [0.25, 0.3) is 5.91 Å². The molecule has 1 aromatic carbocycles. The lowest BCUT2D eigenvalue weighted by Gasteiger charge is -2.56. The Hall–Kier alpha value is -2.16. The van der Waals surface area contributed by atoms with Crippen LogP contribution in [0.3, 0.4) is 0 Å². The number of aryl methyl sites for hydroxylation is 2. The molecule has 0 aliphatic heterocycles. The number of hydrogen-bond donors (Lipinski definition) is 1. The molecular formula is C24H28N2O. The number of nitrogens with zero attached hydrogens (tertiary/aromatic N) is 1. The molecule has 4 aliphatic rings. The van der Waals surface area contributed by atoms with Gasteiger partial charge in [0.05, 0.1) is 0 Å². The van der Waals surface area contributed by atoms with Gasteiger partial charge < -0.3 is 5.32 Å². The Bertz CT molecular complexity index is 866. The first-order chi connectivity index (χ1) is 13.0. The SMILES string of the molecule is Cc1ccc(NC(=O)c2ccnc(C34CC5CC(CC(C5)C3)C4)c2)cc1C. The highest BCUT2D eigenvalue weighted by atomic mass is 16.1. The van der Waals surface area contributed by atoms with Gasteiger partial charge in [-0.1, -0.05) is 6.07 Å². The van der Waals surface area contributed by atoms with E-state index in [1.54, 1.807) is 0 Å². The number of aromatic nitrogens is 1. The highest BCUT2D eigenvalue weighted by Gasteiger charge is 2.52. The summed E-state index contributed by atoms with van der Waals surface area (Å²) in [6.07, 6.45) is 9.92. The van der Waals surface area contributed by atoms with E-state index in [1.807, 2.05) is 24.4 Å². The van der Waals surface area contributed by atoms with Crippen LogP contribution in [0.5, 0.6) is 0 Å². The lowest BCUT2D eigenvalue weighted by atomic mass is 9.48. The van der Waals surface area contributed by atoms with Crippen LogP contribution < -0.4 is 5.32 Å². The number of anilines is 1. The van der Waals surface area contributed by atoms with Crippen LogP contribution in [0.25, 0.3) is 0 Å². The molecule has 1 N–H and O–H groups in total. The average Bonchev–Trinajstić information content (AvgIpc) is 2.64. The monoisotopic (exact) mass is 360 g/mol. The number of rotatable bonds is 3.